The topological polar surface area (TPSA) is 77.1 Å². The van der Waals surface area contributed by atoms with Crippen molar-refractivity contribution >= 4 is 16.7 Å². The van der Waals surface area contributed by atoms with E-state index in [-0.39, 0.29) is 23.6 Å². The molecule has 5 nitrogen and oxygen atoms in total. The second-order valence-electron chi connectivity index (χ2n) is 7.04. The second-order valence-corrected chi connectivity index (χ2v) is 7.04. The van der Waals surface area contributed by atoms with Gasteiger partial charge in [0.05, 0.1) is 12.2 Å². The average Bonchev–Trinajstić information content (AvgIpc) is 2.74. The van der Waals surface area contributed by atoms with E-state index in [9.17, 15) is 9.59 Å². The van der Waals surface area contributed by atoms with Crippen LogP contribution in [-0.2, 0) is 17.8 Å². The molecule has 30 heavy (non-hydrogen) atoms. The first-order valence-corrected chi connectivity index (χ1v) is 9.71. The highest BCUT2D eigenvalue weighted by molar-refractivity contribution is 5.83. The first kappa shape index (κ1) is 20.9. The number of nitrogens with one attached hydrogen (secondary N) is 1. The number of hydrogen-bond donors (Lipinski definition) is 2. The van der Waals surface area contributed by atoms with Crippen molar-refractivity contribution in [1.82, 2.24) is 9.88 Å². The van der Waals surface area contributed by atoms with Crippen LogP contribution in [0.5, 0.6) is 0 Å². The number of rotatable bonds is 8. The minimum absolute atomic E-state index is 0.0939. The maximum absolute atomic E-state index is 12.9. The maximum atomic E-state index is 12.9. The summed E-state index contributed by atoms with van der Waals surface area (Å²) in [5.74, 6) is -0.237. The Morgan fingerprint density at radius 1 is 1.10 bits per heavy atom. The van der Waals surface area contributed by atoms with Gasteiger partial charge >= 0.3 is 0 Å². The molecule has 0 aliphatic carbocycles. The fourth-order valence-corrected chi connectivity index (χ4v) is 3.24. The lowest BCUT2D eigenvalue weighted by molar-refractivity contribution is -0.120. The van der Waals surface area contributed by atoms with E-state index in [0.717, 1.165) is 10.9 Å². The zero-order chi connectivity index (χ0) is 21.5. The van der Waals surface area contributed by atoms with Crippen LogP contribution in [0.1, 0.15) is 17.5 Å². The van der Waals surface area contributed by atoms with E-state index in [4.69, 9.17) is 5.73 Å². The molecule has 0 fully saturated rings. The Morgan fingerprint density at radius 3 is 2.60 bits per heavy atom. The van der Waals surface area contributed by atoms with Gasteiger partial charge in [0.25, 0.3) is 5.56 Å². The lowest BCUT2D eigenvalue weighted by Crippen LogP contribution is -2.28. The van der Waals surface area contributed by atoms with E-state index < -0.39 is 0 Å². The maximum Gasteiger partial charge on any atom is 0.254 e. The van der Waals surface area contributed by atoms with Crippen molar-refractivity contribution < 1.29 is 4.79 Å². The van der Waals surface area contributed by atoms with Crippen molar-refractivity contribution in [2.45, 2.75) is 19.4 Å². The Morgan fingerprint density at radius 2 is 1.87 bits per heavy atom. The molecule has 0 radical (unpaired) electrons. The Bertz CT molecular complexity index is 1190. The fraction of sp³-hybridized carbons (Fsp3) is 0.120. The van der Waals surface area contributed by atoms with Crippen LogP contribution in [-0.4, -0.2) is 10.5 Å². The van der Waals surface area contributed by atoms with Crippen molar-refractivity contribution in [1.29, 1.82) is 0 Å². The Labute approximate surface area is 175 Å². The summed E-state index contributed by atoms with van der Waals surface area (Å²) in [6.45, 7) is 7.69. The fourth-order valence-electron chi connectivity index (χ4n) is 3.24. The van der Waals surface area contributed by atoms with E-state index in [1.54, 1.807) is 22.9 Å². The van der Waals surface area contributed by atoms with E-state index in [1.807, 2.05) is 24.3 Å². The van der Waals surface area contributed by atoms with Gasteiger partial charge in [-0.15, -0.1) is 0 Å². The average molecular weight is 399 g/mol. The number of aromatic nitrogens is 1. The summed E-state index contributed by atoms with van der Waals surface area (Å²) < 4.78 is 1.67. The highest BCUT2D eigenvalue weighted by Gasteiger charge is 2.09. The molecule has 5 heteroatoms. The number of carbonyl (C=O) groups excluding carboxylic acids is 1. The van der Waals surface area contributed by atoms with Crippen LogP contribution >= 0.6 is 0 Å². The summed E-state index contributed by atoms with van der Waals surface area (Å²) in [7, 11) is 0. The number of nitrogens with two attached hydrogens (primary N) is 1. The van der Waals surface area contributed by atoms with Gasteiger partial charge in [-0.3, -0.25) is 9.59 Å². The molecule has 0 bridgehead atoms. The van der Waals surface area contributed by atoms with E-state index in [1.165, 1.54) is 11.5 Å². The number of amides is 1. The number of fused-ring (bicyclic) bond motifs is 1. The molecule has 0 atom stereocenters. The van der Waals surface area contributed by atoms with Gasteiger partial charge < -0.3 is 15.6 Å². The van der Waals surface area contributed by atoms with E-state index in [0.29, 0.717) is 24.2 Å². The van der Waals surface area contributed by atoms with Gasteiger partial charge in [0, 0.05) is 23.9 Å². The third-order valence-electron chi connectivity index (χ3n) is 4.79. The molecule has 1 amide bonds. The highest BCUT2D eigenvalue weighted by Crippen LogP contribution is 2.16. The molecule has 3 rings (SSSR count). The summed E-state index contributed by atoms with van der Waals surface area (Å²) >= 11 is 0. The van der Waals surface area contributed by atoms with Crippen LogP contribution < -0.4 is 16.6 Å². The van der Waals surface area contributed by atoms with Gasteiger partial charge in [0.15, 0.2) is 0 Å². The largest absolute Gasteiger partial charge is 0.398 e. The summed E-state index contributed by atoms with van der Waals surface area (Å²) in [6, 6.07) is 17.9. The SMILES string of the molecule is C=C/C=C(/NC(=O)CCc1cccn(Cc2ccc3ccccc3c2)c1=O)C(=C)N. The number of hydrogen-bond acceptors (Lipinski definition) is 3. The number of benzene rings is 2. The van der Waals surface area contributed by atoms with Crippen LogP contribution in [0.15, 0.2) is 102 Å². The lowest BCUT2D eigenvalue weighted by atomic mass is 10.1. The molecule has 0 spiro atoms. The van der Waals surface area contributed by atoms with Crippen LogP contribution in [0, 0.1) is 0 Å². The molecule has 2 aromatic carbocycles. The molecule has 0 aliphatic rings. The van der Waals surface area contributed by atoms with E-state index in [2.05, 4.69) is 42.7 Å². The van der Waals surface area contributed by atoms with Crippen molar-refractivity contribution in [2.75, 3.05) is 0 Å². The standard InChI is InChI=1S/C25H25N3O2/c1-3-7-23(18(2)26)27-24(29)14-13-21-10-6-15-28(25(21)30)17-19-11-12-20-8-4-5-9-22(20)16-19/h3-12,15-16H,1-2,13-14,17,26H2,(H,27,29)/b23-7+. The number of carbonyl (C=O) groups is 1. The van der Waals surface area contributed by atoms with Crippen molar-refractivity contribution in [3.05, 3.63) is 119 Å². The number of aryl methyl sites for hydroxylation is 1. The molecule has 3 N–H and O–H groups in total. The third kappa shape index (κ3) is 5.14. The van der Waals surface area contributed by atoms with Crippen molar-refractivity contribution in [2.24, 2.45) is 5.73 Å². The van der Waals surface area contributed by atoms with Crippen molar-refractivity contribution in [3.63, 3.8) is 0 Å². The quantitative estimate of drug-likeness (QED) is 0.568. The van der Waals surface area contributed by atoms with E-state index >= 15 is 0 Å². The van der Waals surface area contributed by atoms with Crippen molar-refractivity contribution in [3.8, 4) is 0 Å². The monoisotopic (exact) mass is 399 g/mol. The van der Waals surface area contributed by atoms with Gasteiger partial charge in [0.1, 0.15) is 0 Å². The molecule has 0 saturated carbocycles. The van der Waals surface area contributed by atoms with Crippen LogP contribution in [0.25, 0.3) is 10.8 Å². The number of allylic oxidation sites excluding steroid dienone is 2. The number of nitrogens with zero attached hydrogens (tertiary/aromatic N) is 1. The summed E-state index contributed by atoms with van der Waals surface area (Å²) in [6.07, 6.45) is 5.37. The normalized spacial score (nSPS) is 11.3. The van der Waals surface area contributed by atoms with Gasteiger partial charge in [-0.1, -0.05) is 61.7 Å². The molecular formula is C25H25N3O2. The first-order chi connectivity index (χ1) is 14.5. The molecule has 152 valence electrons. The predicted molar refractivity (Wildman–Crippen MR) is 122 cm³/mol. The number of pyridine rings is 1. The third-order valence-corrected chi connectivity index (χ3v) is 4.79. The second kappa shape index (κ2) is 9.56. The molecule has 0 saturated heterocycles. The molecule has 1 aromatic heterocycles. The smallest absolute Gasteiger partial charge is 0.254 e. The van der Waals surface area contributed by atoms with Crippen LogP contribution in [0.3, 0.4) is 0 Å². The van der Waals surface area contributed by atoms with Gasteiger partial charge in [-0.2, -0.15) is 0 Å². The molecular weight excluding hydrogens is 374 g/mol. The molecule has 3 aromatic rings. The lowest BCUT2D eigenvalue weighted by Gasteiger charge is -2.11. The zero-order valence-electron chi connectivity index (χ0n) is 16.8. The van der Waals surface area contributed by atoms with Crippen LogP contribution in [0.2, 0.25) is 0 Å². The Balaban J connectivity index is 1.70. The summed E-state index contributed by atoms with van der Waals surface area (Å²) in [5.41, 5.74) is 7.86. The zero-order valence-corrected chi connectivity index (χ0v) is 16.8. The van der Waals surface area contributed by atoms with Gasteiger partial charge in [0.2, 0.25) is 5.91 Å². The minimum Gasteiger partial charge on any atom is -0.398 e. The molecule has 0 unspecified atom stereocenters. The molecule has 0 aliphatic heterocycles. The highest BCUT2D eigenvalue weighted by atomic mass is 16.1. The summed E-state index contributed by atoms with van der Waals surface area (Å²) in [5, 5.41) is 5.00. The van der Waals surface area contributed by atoms with Crippen LogP contribution in [0.4, 0.5) is 0 Å². The minimum atomic E-state index is -0.237. The Hall–Kier alpha value is -3.86. The molecule has 1 heterocycles. The first-order valence-electron chi connectivity index (χ1n) is 9.71. The van der Waals surface area contributed by atoms with Gasteiger partial charge in [-0.25, -0.2) is 0 Å². The van der Waals surface area contributed by atoms with Gasteiger partial charge in [-0.05, 0) is 41.0 Å². The summed E-state index contributed by atoms with van der Waals surface area (Å²) in [4.78, 5) is 25.1. The predicted octanol–water partition coefficient (Wildman–Crippen LogP) is 3.64. The Kier molecular flexibility index (Phi) is 6.65.